The molecule has 0 aliphatic heterocycles. The second-order valence-corrected chi connectivity index (χ2v) is 4.23. The number of hydroxylamine groups is 2. The first-order valence-corrected chi connectivity index (χ1v) is 5.34. The molecule has 0 aliphatic rings. The maximum atomic E-state index is 11.7. The highest BCUT2D eigenvalue weighted by atomic mass is 79.9. The van der Waals surface area contributed by atoms with E-state index in [-0.39, 0.29) is 11.8 Å². The van der Waals surface area contributed by atoms with Gasteiger partial charge in [-0.3, -0.25) is 14.7 Å². The van der Waals surface area contributed by atoms with Gasteiger partial charge >= 0.3 is 0 Å². The van der Waals surface area contributed by atoms with Crippen LogP contribution in [0.5, 0.6) is 0 Å². The fourth-order valence-electron chi connectivity index (χ4n) is 1.10. The van der Waals surface area contributed by atoms with Gasteiger partial charge in [0.2, 0.25) is 0 Å². The molecular formula is C9H14BrN3O2. The first kappa shape index (κ1) is 12.2. The molecule has 0 fully saturated rings. The van der Waals surface area contributed by atoms with Crippen LogP contribution < -0.4 is 0 Å². The van der Waals surface area contributed by atoms with Crippen LogP contribution in [0.4, 0.5) is 0 Å². The van der Waals surface area contributed by atoms with Crippen LogP contribution in [0.25, 0.3) is 0 Å². The summed E-state index contributed by atoms with van der Waals surface area (Å²) in [5.74, 6) is -0.00574. The molecule has 1 N–H and O–H groups in total. The summed E-state index contributed by atoms with van der Waals surface area (Å²) in [6, 6.07) is 0. The van der Waals surface area contributed by atoms with E-state index in [4.69, 9.17) is 4.84 Å². The molecule has 1 amide bonds. The van der Waals surface area contributed by atoms with Crippen LogP contribution in [0.2, 0.25) is 0 Å². The Morgan fingerprint density at radius 3 is 2.60 bits per heavy atom. The molecule has 0 radical (unpaired) electrons. The lowest BCUT2D eigenvalue weighted by Gasteiger charge is -2.11. The van der Waals surface area contributed by atoms with Crippen LogP contribution in [0.3, 0.4) is 0 Å². The highest BCUT2D eigenvalue weighted by Crippen LogP contribution is 2.26. The Kier molecular flexibility index (Phi) is 3.87. The van der Waals surface area contributed by atoms with E-state index in [9.17, 15) is 4.79 Å². The zero-order valence-corrected chi connectivity index (χ0v) is 10.8. The molecular weight excluding hydrogens is 262 g/mol. The fraction of sp³-hybridized carbons (Fsp3) is 0.556. The molecule has 0 saturated carbocycles. The molecule has 5 nitrogen and oxygen atoms in total. The van der Waals surface area contributed by atoms with Crippen LogP contribution in [0.1, 0.15) is 35.9 Å². The second kappa shape index (κ2) is 4.76. The van der Waals surface area contributed by atoms with E-state index in [0.29, 0.717) is 10.2 Å². The van der Waals surface area contributed by atoms with Gasteiger partial charge in [0.1, 0.15) is 0 Å². The second-order valence-electron chi connectivity index (χ2n) is 3.44. The van der Waals surface area contributed by atoms with Gasteiger partial charge in [0.25, 0.3) is 5.91 Å². The molecule has 6 heteroatoms. The third-order valence-corrected chi connectivity index (χ3v) is 2.88. The van der Waals surface area contributed by atoms with Gasteiger partial charge in [-0.25, -0.2) is 5.06 Å². The summed E-state index contributed by atoms with van der Waals surface area (Å²) in [6.45, 7) is 4.04. The minimum atomic E-state index is -0.285. The van der Waals surface area contributed by atoms with E-state index in [0.717, 1.165) is 10.8 Å². The molecule has 1 rings (SSSR count). The summed E-state index contributed by atoms with van der Waals surface area (Å²) in [6.07, 6.45) is 0. The molecule has 0 aliphatic carbocycles. The van der Waals surface area contributed by atoms with Gasteiger partial charge in [-0.1, -0.05) is 13.8 Å². The van der Waals surface area contributed by atoms with Crippen LogP contribution in [0, 0.1) is 0 Å². The highest BCUT2D eigenvalue weighted by molar-refractivity contribution is 9.10. The molecule has 0 bridgehead atoms. The van der Waals surface area contributed by atoms with Crippen molar-refractivity contribution < 1.29 is 9.63 Å². The number of hydrogen-bond acceptors (Lipinski definition) is 3. The average molecular weight is 276 g/mol. The maximum absolute atomic E-state index is 11.7. The van der Waals surface area contributed by atoms with E-state index in [1.807, 2.05) is 13.8 Å². The Morgan fingerprint density at radius 1 is 1.60 bits per heavy atom. The molecule has 0 unspecified atom stereocenters. The summed E-state index contributed by atoms with van der Waals surface area (Å²) in [5, 5.41) is 7.93. The van der Waals surface area contributed by atoms with Gasteiger partial charge in [-0.15, -0.1) is 0 Å². The monoisotopic (exact) mass is 275 g/mol. The molecule has 0 aromatic carbocycles. The summed E-state index contributed by atoms with van der Waals surface area (Å²) >= 11 is 3.35. The molecule has 1 aromatic heterocycles. The van der Waals surface area contributed by atoms with E-state index in [2.05, 4.69) is 26.1 Å². The molecule has 84 valence electrons. The first-order chi connectivity index (χ1) is 6.99. The summed E-state index contributed by atoms with van der Waals surface area (Å²) < 4.78 is 0.700. The van der Waals surface area contributed by atoms with Gasteiger partial charge in [0.05, 0.1) is 17.3 Å². The lowest BCUT2D eigenvalue weighted by atomic mass is 10.1. The van der Waals surface area contributed by atoms with Gasteiger partial charge in [0.15, 0.2) is 5.69 Å². The van der Waals surface area contributed by atoms with Gasteiger partial charge in [-0.05, 0) is 21.8 Å². The number of carbonyl (C=O) groups excluding carboxylic acids is 1. The number of halogens is 1. The number of rotatable bonds is 3. The zero-order chi connectivity index (χ0) is 11.6. The van der Waals surface area contributed by atoms with Gasteiger partial charge in [-0.2, -0.15) is 5.10 Å². The van der Waals surface area contributed by atoms with Crippen molar-refractivity contribution in [3.8, 4) is 0 Å². The summed E-state index contributed by atoms with van der Waals surface area (Å²) in [7, 11) is 2.97. The number of nitrogens with zero attached hydrogens (tertiary/aromatic N) is 2. The van der Waals surface area contributed by atoms with E-state index >= 15 is 0 Å². The Morgan fingerprint density at radius 2 is 2.20 bits per heavy atom. The van der Waals surface area contributed by atoms with Gasteiger partial charge < -0.3 is 0 Å². The van der Waals surface area contributed by atoms with Crippen molar-refractivity contribution in [1.82, 2.24) is 15.3 Å². The zero-order valence-electron chi connectivity index (χ0n) is 9.17. The molecule has 0 spiro atoms. The van der Waals surface area contributed by atoms with Crippen LogP contribution in [-0.2, 0) is 4.84 Å². The highest BCUT2D eigenvalue weighted by Gasteiger charge is 2.21. The minimum Gasteiger partial charge on any atom is -0.280 e. The molecule has 1 heterocycles. The number of hydrogen-bond donors (Lipinski definition) is 1. The van der Waals surface area contributed by atoms with Crippen molar-refractivity contribution in [1.29, 1.82) is 0 Å². The Hall–Kier alpha value is -0.880. The quantitative estimate of drug-likeness (QED) is 0.858. The van der Waals surface area contributed by atoms with Crippen molar-refractivity contribution in [2.24, 2.45) is 0 Å². The summed E-state index contributed by atoms with van der Waals surface area (Å²) in [4.78, 5) is 16.5. The lowest BCUT2D eigenvalue weighted by Crippen LogP contribution is -2.26. The smallest absolute Gasteiger partial charge is 0.280 e. The molecule has 0 saturated heterocycles. The number of carbonyl (C=O) groups is 1. The van der Waals surface area contributed by atoms with E-state index in [1.54, 1.807) is 7.05 Å². The van der Waals surface area contributed by atoms with Crippen molar-refractivity contribution in [2.75, 3.05) is 14.2 Å². The minimum absolute atomic E-state index is 0.279. The van der Waals surface area contributed by atoms with Crippen molar-refractivity contribution in [3.05, 3.63) is 15.9 Å². The van der Waals surface area contributed by atoms with Gasteiger partial charge in [0, 0.05) is 7.05 Å². The fourth-order valence-corrected chi connectivity index (χ4v) is 1.90. The molecule has 0 atom stereocenters. The molecule has 1 aromatic rings. The van der Waals surface area contributed by atoms with Crippen molar-refractivity contribution >= 4 is 21.8 Å². The van der Waals surface area contributed by atoms with Crippen LogP contribution >= 0.6 is 15.9 Å². The maximum Gasteiger partial charge on any atom is 0.298 e. The van der Waals surface area contributed by atoms with Crippen LogP contribution in [0.15, 0.2) is 4.47 Å². The predicted octanol–water partition coefficient (Wildman–Crippen LogP) is 1.93. The number of aromatic nitrogens is 2. The number of H-pyrrole nitrogens is 1. The third-order valence-electron chi connectivity index (χ3n) is 2.07. The predicted molar refractivity (Wildman–Crippen MR) is 59.5 cm³/mol. The normalized spacial score (nSPS) is 10.8. The van der Waals surface area contributed by atoms with Crippen molar-refractivity contribution in [3.63, 3.8) is 0 Å². The SMILES string of the molecule is CON(C)C(=O)c1n[nH]c(C(C)C)c1Br. The average Bonchev–Trinajstić information content (AvgIpc) is 2.57. The Balaban J connectivity index is 3.01. The standard InChI is InChI=1S/C9H14BrN3O2/c1-5(2)7-6(10)8(12-11-7)9(14)13(3)15-4/h5H,1-4H3,(H,11,12). The third kappa shape index (κ3) is 2.38. The number of aromatic amines is 1. The van der Waals surface area contributed by atoms with E-state index in [1.165, 1.54) is 7.11 Å². The number of amides is 1. The summed E-state index contributed by atoms with van der Waals surface area (Å²) in [5.41, 5.74) is 1.24. The Labute approximate surface area is 96.9 Å². The van der Waals surface area contributed by atoms with E-state index < -0.39 is 0 Å². The number of nitrogens with one attached hydrogen (secondary N) is 1. The Bertz CT molecular complexity index is 362. The first-order valence-electron chi connectivity index (χ1n) is 4.55. The topological polar surface area (TPSA) is 58.2 Å². The van der Waals surface area contributed by atoms with Crippen LogP contribution in [-0.4, -0.2) is 35.3 Å². The van der Waals surface area contributed by atoms with Crippen molar-refractivity contribution in [2.45, 2.75) is 19.8 Å². The lowest BCUT2D eigenvalue weighted by molar-refractivity contribution is -0.0761. The molecule has 15 heavy (non-hydrogen) atoms. The largest absolute Gasteiger partial charge is 0.298 e.